The van der Waals surface area contributed by atoms with E-state index < -0.39 is 0 Å². The molecule has 3 rings (SSSR count). The summed E-state index contributed by atoms with van der Waals surface area (Å²) in [5.41, 5.74) is 1.17. The Morgan fingerprint density at radius 3 is 2.68 bits per heavy atom. The van der Waals surface area contributed by atoms with Gasteiger partial charge in [-0.15, -0.1) is 0 Å². The molecule has 0 radical (unpaired) electrons. The molecule has 2 unspecified atom stereocenters. The molecule has 2 atom stereocenters. The van der Waals surface area contributed by atoms with Crippen LogP contribution in [0.2, 0.25) is 0 Å². The quantitative estimate of drug-likeness (QED) is 0.877. The van der Waals surface area contributed by atoms with Crippen molar-refractivity contribution in [1.82, 2.24) is 10.2 Å². The highest BCUT2D eigenvalue weighted by atomic mass is 19.1. The predicted octanol–water partition coefficient (Wildman–Crippen LogP) is 2.96. The topological polar surface area (TPSA) is 15.3 Å². The van der Waals surface area contributed by atoms with Crippen LogP contribution in [0.3, 0.4) is 0 Å². The van der Waals surface area contributed by atoms with Gasteiger partial charge in [0.1, 0.15) is 5.82 Å². The third kappa shape index (κ3) is 3.34. The SMILES string of the molecule is CC(NCC1CCN(C2CC2)C1)c1ccc(F)cc1. The van der Waals surface area contributed by atoms with Crippen LogP contribution in [0.25, 0.3) is 0 Å². The van der Waals surface area contributed by atoms with Crippen LogP contribution in [0.15, 0.2) is 24.3 Å². The fraction of sp³-hybridized carbons (Fsp3) is 0.625. The van der Waals surface area contributed by atoms with E-state index >= 15 is 0 Å². The fourth-order valence-electron chi connectivity index (χ4n) is 3.01. The molecule has 1 saturated heterocycles. The Morgan fingerprint density at radius 1 is 1.26 bits per heavy atom. The average Bonchev–Trinajstić information content (AvgIpc) is 3.16. The average molecular weight is 262 g/mol. The lowest BCUT2D eigenvalue weighted by Crippen LogP contribution is -2.29. The summed E-state index contributed by atoms with van der Waals surface area (Å²) in [5.74, 6) is 0.621. The van der Waals surface area contributed by atoms with E-state index in [4.69, 9.17) is 0 Å². The molecular formula is C16H23FN2. The van der Waals surface area contributed by atoms with E-state index in [9.17, 15) is 4.39 Å². The van der Waals surface area contributed by atoms with Crippen LogP contribution in [0.5, 0.6) is 0 Å². The van der Waals surface area contributed by atoms with Crippen molar-refractivity contribution in [3.05, 3.63) is 35.6 Å². The van der Waals surface area contributed by atoms with Gasteiger partial charge in [0.05, 0.1) is 0 Å². The van der Waals surface area contributed by atoms with Gasteiger partial charge in [0, 0.05) is 18.6 Å². The molecule has 104 valence electrons. The van der Waals surface area contributed by atoms with Crippen LogP contribution in [0.1, 0.15) is 37.8 Å². The Morgan fingerprint density at radius 2 is 2.00 bits per heavy atom. The molecule has 0 amide bonds. The lowest BCUT2D eigenvalue weighted by Gasteiger charge is -2.18. The lowest BCUT2D eigenvalue weighted by molar-refractivity contribution is 0.310. The maximum atomic E-state index is 12.9. The van der Waals surface area contributed by atoms with Gasteiger partial charge < -0.3 is 10.2 Å². The van der Waals surface area contributed by atoms with E-state index in [0.717, 1.165) is 18.5 Å². The van der Waals surface area contributed by atoms with Crippen LogP contribution in [-0.2, 0) is 0 Å². The number of nitrogens with one attached hydrogen (secondary N) is 1. The number of halogens is 1. The minimum Gasteiger partial charge on any atom is -0.310 e. The Balaban J connectivity index is 1.45. The van der Waals surface area contributed by atoms with Crippen molar-refractivity contribution in [2.45, 2.75) is 38.3 Å². The summed E-state index contributed by atoms with van der Waals surface area (Å²) in [7, 11) is 0. The number of likely N-dealkylation sites (tertiary alicyclic amines) is 1. The summed E-state index contributed by atoms with van der Waals surface area (Å²) >= 11 is 0. The molecule has 0 bridgehead atoms. The van der Waals surface area contributed by atoms with Crippen molar-refractivity contribution >= 4 is 0 Å². The number of benzene rings is 1. The molecule has 1 heterocycles. The van der Waals surface area contributed by atoms with Crippen LogP contribution in [0, 0.1) is 11.7 Å². The highest BCUT2D eigenvalue weighted by Gasteiger charge is 2.34. The highest BCUT2D eigenvalue weighted by molar-refractivity contribution is 5.19. The number of hydrogen-bond acceptors (Lipinski definition) is 2. The van der Waals surface area contributed by atoms with E-state index in [1.807, 2.05) is 12.1 Å². The van der Waals surface area contributed by atoms with Gasteiger partial charge in [0.25, 0.3) is 0 Å². The maximum Gasteiger partial charge on any atom is 0.123 e. The predicted molar refractivity (Wildman–Crippen MR) is 75.5 cm³/mol. The van der Waals surface area contributed by atoms with Crippen LogP contribution < -0.4 is 5.32 Å². The van der Waals surface area contributed by atoms with Gasteiger partial charge in [-0.2, -0.15) is 0 Å². The fourth-order valence-corrected chi connectivity index (χ4v) is 3.01. The second-order valence-electron chi connectivity index (χ2n) is 6.06. The van der Waals surface area contributed by atoms with E-state index in [1.165, 1.54) is 50.0 Å². The van der Waals surface area contributed by atoms with Crippen LogP contribution in [0.4, 0.5) is 4.39 Å². The monoisotopic (exact) mass is 262 g/mol. The first-order chi connectivity index (χ1) is 9.22. The summed E-state index contributed by atoms with van der Waals surface area (Å²) < 4.78 is 12.9. The normalized spacial score (nSPS) is 25.7. The molecule has 1 aliphatic carbocycles. The summed E-state index contributed by atoms with van der Waals surface area (Å²) in [4.78, 5) is 2.65. The minimum absolute atomic E-state index is 0.160. The van der Waals surface area contributed by atoms with Crippen LogP contribution >= 0.6 is 0 Å². The first-order valence-corrected chi connectivity index (χ1v) is 7.45. The molecule has 0 spiro atoms. The number of rotatable bonds is 5. The van der Waals surface area contributed by atoms with Crippen molar-refractivity contribution in [2.75, 3.05) is 19.6 Å². The second kappa shape index (κ2) is 5.59. The highest BCUT2D eigenvalue weighted by Crippen LogP contribution is 2.31. The Labute approximate surface area is 115 Å². The van der Waals surface area contributed by atoms with Crippen molar-refractivity contribution in [1.29, 1.82) is 0 Å². The van der Waals surface area contributed by atoms with E-state index in [0.29, 0.717) is 6.04 Å². The van der Waals surface area contributed by atoms with Gasteiger partial charge in [-0.25, -0.2) is 4.39 Å². The molecule has 0 aromatic heterocycles. The molecule has 1 aromatic rings. The molecule has 3 heteroatoms. The van der Waals surface area contributed by atoms with Gasteiger partial charge in [-0.3, -0.25) is 0 Å². The van der Waals surface area contributed by atoms with E-state index in [2.05, 4.69) is 17.1 Å². The first-order valence-electron chi connectivity index (χ1n) is 7.45. The zero-order valence-electron chi connectivity index (χ0n) is 11.6. The lowest BCUT2D eigenvalue weighted by atomic mass is 10.1. The van der Waals surface area contributed by atoms with Gasteiger partial charge in [0.15, 0.2) is 0 Å². The molecular weight excluding hydrogens is 239 g/mol. The molecule has 2 fully saturated rings. The molecule has 2 nitrogen and oxygen atoms in total. The largest absolute Gasteiger partial charge is 0.310 e. The van der Waals surface area contributed by atoms with E-state index in [1.54, 1.807) is 0 Å². The molecule has 1 aromatic carbocycles. The van der Waals surface area contributed by atoms with Gasteiger partial charge in [0.2, 0.25) is 0 Å². The van der Waals surface area contributed by atoms with Crippen molar-refractivity contribution in [2.24, 2.45) is 5.92 Å². The number of hydrogen-bond donors (Lipinski definition) is 1. The van der Waals surface area contributed by atoms with Crippen molar-refractivity contribution < 1.29 is 4.39 Å². The summed E-state index contributed by atoms with van der Waals surface area (Å²) in [6.07, 6.45) is 4.14. The molecule has 1 saturated carbocycles. The summed E-state index contributed by atoms with van der Waals surface area (Å²) in [5, 5.41) is 3.59. The van der Waals surface area contributed by atoms with Gasteiger partial charge >= 0.3 is 0 Å². The van der Waals surface area contributed by atoms with Gasteiger partial charge in [-0.1, -0.05) is 12.1 Å². The molecule has 19 heavy (non-hydrogen) atoms. The molecule has 2 aliphatic rings. The standard InChI is InChI=1S/C16H23FN2/c1-12(14-2-4-15(17)5-3-14)18-10-13-8-9-19(11-13)16-6-7-16/h2-5,12-13,16,18H,6-11H2,1H3. The van der Waals surface area contributed by atoms with Crippen molar-refractivity contribution in [3.8, 4) is 0 Å². The smallest absolute Gasteiger partial charge is 0.123 e. The summed E-state index contributed by atoms with van der Waals surface area (Å²) in [6, 6.07) is 8.03. The van der Waals surface area contributed by atoms with E-state index in [-0.39, 0.29) is 5.82 Å². The third-order valence-electron chi connectivity index (χ3n) is 4.46. The first kappa shape index (κ1) is 13.1. The van der Waals surface area contributed by atoms with Crippen LogP contribution in [-0.4, -0.2) is 30.6 Å². The zero-order valence-corrected chi connectivity index (χ0v) is 11.6. The maximum absolute atomic E-state index is 12.9. The summed E-state index contributed by atoms with van der Waals surface area (Å²) in [6.45, 7) is 5.76. The zero-order chi connectivity index (χ0) is 13.2. The minimum atomic E-state index is -0.160. The Bertz CT molecular complexity index is 413. The molecule has 1 aliphatic heterocycles. The molecule has 1 N–H and O–H groups in total. The number of nitrogens with zero attached hydrogens (tertiary/aromatic N) is 1. The van der Waals surface area contributed by atoms with Crippen molar-refractivity contribution in [3.63, 3.8) is 0 Å². The Hall–Kier alpha value is -0.930. The third-order valence-corrected chi connectivity index (χ3v) is 4.46. The second-order valence-corrected chi connectivity index (χ2v) is 6.06. The Kier molecular flexibility index (Phi) is 3.85. The van der Waals surface area contributed by atoms with Gasteiger partial charge in [-0.05, 0) is 62.9 Å².